The monoisotopic (exact) mass is 280 g/mol. The Bertz CT molecular complexity index is 504. The number of ether oxygens (including phenoxy) is 1. The molecule has 3 N–H and O–H groups in total. The van der Waals surface area contributed by atoms with Crippen molar-refractivity contribution in [3.05, 3.63) is 35.6 Å². The molecule has 6 heteroatoms. The lowest BCUT2D eigenvalue weighted by atomic mass is 10.0. The summed E-state index contributed by atoms with van der Waals surface area (Å²) in [6.07, 6.45) is 0.230. The summed E-state index contributed by atoms with van der Waals surface area (Å²) in [6, 6.07) is 4.28. The van der Waals surface area contributed by atoms with Crippen molar-refractivity contribution in [1.29, 1.82) is 0 Å². The molecule has 2 rings (SSSR count). The van der Waals surface area contributed by atoms with Crippen LogP contribution in [-0.2, 0) is 14.3 Å². The van der Waals surface area contributed by atoms with Crippen LogP contribution in [0.4, 0.5) is 4.39 Å². The smallest absolute Gasteiger partial charge is 0.250 e. The molecule has 2 amide bonds. The number of benzene rings is 1. The molecule has 3 atom stereocenters. The summed E-state index contributed by atoms with van der Waals surface area (Å²) in [4.78, 5) is 23.6. The zero-order valence-corrected chi connectivity index (χ0v) is 11.1. The number of rotatable bonds is 4. The maximum Gasteiger partial charge on any atom is 0.250 e. The van der Waals surface area contributed by atoms with Crippen LogP contribution in [0.15, 0.2) is 24.3 Å². The Morgan fingerprint density at radius 2 is 2.05 bits per heavy atom. The molecule has 1 aromatic rings. The lowest BCUT2D eigenvalue weighted by molar-refractivity contribution is -0.135. The summed E-state index contributed by atoms with van der Waals surface area (Å²) in [5.74, 6) is -1.40. The van der Waals surface area contributed by atoms with Crippen LogP contribution in [0.25, 0.3) is 0 Å². The molecule has 0 aromatic heterocycles. The molecule has 1 heterocycles. The molecule has 0 bridgehead atoms. The standard InChI is InChI=1S/C14H17FN2O3/c1-8-6-7-20-12(8)14(19)17-11(13(16)18)9-2-4-10(15)5-3-9/h2-5,8,11-12H,6-7H2,1H3,(H2,16,18)(H,17,19)/t8-,11-,12-/m1/s1. The van der Waals surface area contributed by atoms with Gasteiger partial charge in [-0.15, -0.1) is 0 Å². The first-order chi connectivity index (χ1) is 9.49. The average molecular weight is 280 g/mol. The van der Waals surface area contributed by atoms with E-state index in [0.717, 1.165) is 6.42 Å². The van der Waals surface area contributed by atoms with Gasteiger partial charge in [0.2, 0.25) is 11.8 Å². The highest BCUT2D eigenvalue weighted by Gasteiger charge is 2.33. The maximum absolute atomic E-state index is 12.9. The number of amides is 2. The van der Waals surface area contributed by atoms with Gasteiger partial charge in [-0.1, -0.05) is 19.1 Å². The predicted molar refractivity (Wildman–Crippen MR) is 70.0 cm³/mol. The molecule has 20 heavy (non-hydrogen) atoms. The molecular formula is C14H17FN2O3. The molecule has 0 spiro atoms. The Morgan fingerprint density at radius 1 is 1.40 bits per heavy atom. The highest BCUT2D eigenvalue weighted by atomic mass is 19.1. The van der Waals surface area contributed by atoms with Gasteiger partial charge in [0, 0.05) is 6.61 Å². The van der Waals surface area contributed by atoms with Crippen molar-refractivity contribution in [2.24, 2.45) is 11.7 Å². The molecule has 1 aliphatic rings. The van der Waals surface area contributed by atoms with Gasteiger partial charge in [0.1, 0.15) is 18.0 Å². The van der Waals surface area contributed by atoms with Crippen LogP contribution in [0.3, 0.4) is 0 Å². The van der Waals surface area contributed by atoms with E-state index in [1.54, 1.807) is 0 Å². The molecule has 1 saturated heterocycles. The summed E-state index contributed by atoms with van der Waals surface area (Å²) in [7, 11) is 0. The van der Waals surface area contributed by atoms with Gasteiger partial charge in [0.05, 0.1) is 0 Å². The third-order valence-corrected chi connectivity index (χ3v) is 3.42. The lowest BCUT2D eigenvalue weighted by Gasteiger charge is -2.20. The van der Waals surface area contributed by atoms with Crippen molar-refractivity contribution < 1.29 is 18.7 Å². The van der Waals surface area contributed by atoms with Crippen molar-refractivity contribution in [3.63, 3.8) is 0 Å². The molecule has 0 saturated carbocycles. The molecule has 1 aromatic carbocycles. The van der Waals surface area contributed by atoms with E-state index < -0.39 is 23.9 Å². The highest BCUT2D eigenvalue weighted by Crippen LogP contribution is 2.21. The van der Waals surface area contributed by atoms with Gasteiger partial charge in [-0.05, 0) is 30.0 Å². The van der Waals surface area contributed by atoms with Crippen molar-refractivity contribution in [3.8, 4) is 0 Å². The van der Waals surface area contributed by atoms with Crippen LogP contribution in [0, 0.1) is 11.7 Å². The zero-order valence-electron chi connectivity index (χ0n) is 11.1. The quantitative estimate of drug-likeness (QED) is 0.859. The molecule has 1 fully saturated rings. The van der Waals surface area contributed by atoms with Crippen LogP contribution in [0.1, 0.15) is 24.9 Å². The minimum atomic E-state index is -0.987. The van der Waals surface area contributed by atoms with Gasteiger partial charge in [-0.3, -0.25) is 9.59 Å². The largest absolute Gasteiger partial charge is 0.368 e. The van der Waals surface area contributed by atoms with Gasteiger partial charge >= 0.3 is 0 Å². The topological polar surface area (TPSA) is 81.4 Å². The first-order valence-corrected chi connectivity index (χ1v) is 6.46. The van der Waals surface area contributed by atoms with Crippen molar-refractivity contribution in [2.45, 2.75) is 25.5 Å². The normalized spacial score (nSPS) is 23.3. The van der Waals surface area contributed by atoms with Gasteiger partial charge in [0.25, 0.3) is 0 Å². The highest BCUT2D eigenvalue weighted by molar-refractivity contribution is 5.89. The van der Waals surface area contributed by atoms with Crippen molar-refractivity contribution >= 4 is 11.8 Å². The Labute approximate surface area is 116 Å². The molecular weight excluding hydrogens is 263 g/mol. The summed E-state index contributed by atoms with van der Waals surface area (Å²) in [6.45, 7) is 2.44. The summed E-state index contributed by atoms with van der Waals surface area (Å²) in [5.41, 5.74) is 5.74. The number of carbonyl (C=O) groups excluding carboxylic acids is 2. The van der Waals surface area contributed by atoms with Gasteiger partial charge < -0.3 is 15.8 Å². The second-order valence-corrected chi connectivity index (χ2v) is 4.95. The fourth-order valence-electron chi connectivity index (χ4n) is 2.23. The Kier molecular flexibility index (Phi) is 4.34. The molecule has 0 unspecified atom stereocenters. The van der Waals surface area contributed by atoms with Crippen LogP contribution in [0.5, 0.6) is 0 Å². The maximum atomic E-state index is 12.9. The molecule has 5 nitrogen and oxygen atoms in total. The van der Waals surface area contributed by atoms with Crippen LogP contribution in [-0.4, -0.2) is 24.5 Å². The predicted octanol–water partition coefficient (Wildman–Crippen LogP) is 0.893. The van der Waals surface area contributed by atoms with Crippen LogP contribution in [0.2, 0.25) is 0 Å². The van der Waals surface area contributed by atoms with Gasteiger partial charge in [-0.2, -0.15) is 0 Å². The van der Waals surface area contributed by atoms with E-state index in [0.29, 0.717) is 12.2 Å². The first kappa shape index (κ1) is 14.5. The van der Waals surface area contributed by atoms with E-state index in [1.165, 1.54) is 24.3 Å². The molecule has 0 aliphatic carbocycles. The third-order valence-electron chi connectivity index (χ3n) is 3.42. The number of hydrogen-bond donors (Lipinski definition) is 2. The Hall–Kier alpha value is -1.95. The Morgan fingerprint density at radius 3 is 2.55 bits per heavy atom. The van der Waals surface area contributed by atoms with E-state index >= 15 is 0 Å². The fraction of sp³-hybridized carbons (Fsp3) is 0.429. The van der Waals surface area contributed by atoms with E-state index in [-0.39, 0.29) is 11.8 Å². The summed E-state index contributed by atoms with van der Waals surface area (Å²) < 4.78 is 18.2. The van der Waals surface area contributed by atoms with Gasteiger partial charge in [-0.25, -0.2) is 4.39 Å². The Balaban J connectivity index is 2.11. The van der Waals surface area contributed by atoms with Crippen LogP contribution < -0.4 is 11.1 Å². The first-order valence-electron chi connectivity index (χ1n) is 6.46. The minimum absolute atomic E-state index is 0.0942. The lowest BCUT2D eigenvalue weighted by Crippen LogP contribution is -2.43. The zero-order chi connectivity index (χ0) is 14.7. The second-order valence-electron chi connectivity index (χ2n) is 4.95. The minimum Gasteiger partial charge on any atom is -0.368 e. The third kappa shape index (κ3) is 3.14. The number of nitrogens with one attached hydrogen (secondary N) is 1. The number of halogens is 1. The van der Waals surface area contributed by atoms with Crippen LogP contribution >= 0.6 is 0 Å². The second kappa shape index (κ2) is 6.00. The van der Waals surface area contributed by atoms with Gasteiger partial charge in [0.15, 0.2) is 0 Å². The summed E-state index contributed by atoms with van der Waals surface area (Å²) >= 11 is 0. The number of nitrogens with two attached hydrogens (primary N) is 1. The summed E-state index contributed by atoms with van der Waals surface area (Å²) in [5, 5.41) is 2.56. The average Bonchev–Trinajstić information content (AvgIpc) is 2.83. The number of carbonyl (C=O) groups is 2. The van der Waals surface area contributed by atoms with Crippen molar-refractivity contribution in [1.82, 2.24) is 5.32 Å². The molecule has 0 radical (unpaired) electrons. The SMILES string of the molecule is C[C@@H]1CCO[C@H]1C(=O)N[C@@H](C(N)=O)c1ccc(F)cc1. The van der Waals surface area contributed by atoms with E-state index in [9.17, 15) is 14.0 Å². The number of hydrogen-bond acceptors (Lipinski definition) is 3. The number of primary amides is 1. The van der Waals surface area contributed by atoms with E-state index in [1.807, 2.05) is 6.92 Å². The van der Waals surface area contributed by atoms with E-state index in [2.05, 4.69) is 5.32 Å². The van der Waals surface area contributed by atoms with Crippen molar-refractivity contribution in [2.75, 3.05) is 6.61 Å². The molecule has 108 valence electrons. The molecule has 1 aliphatic heterocycles. The fourth-order valence-corrected chi connectivity index (χ4v) is 2.23. The van der Waals surface area contributed by atoms with E-state index in [4.69, 9.17) is 10.5 Å².